The van der Waals surface area contributed by atoms with Crippen LogP contribution in [0.15, 0.2) is 18.2 Å². The third kappa shape index (κ3) is 4.84. The average Bonchev–Trinajstić information content (AvgIpc) is 2.34. The zero-order valence-electron chi connectivity index (χ0n) is 11.4. The third-order valence-corrected chi connectivity index (χ3v) is 2.86. The molecule has 0 saturated heterocycles. The van der Waals surface area contributed by atoms with E-state index in [0.717, 1.165) is 18.5 Å². The molecule has 1 aromatic heterocycles. The van der Waals surface area contributed by atoms with Crippen LogP contribution >= 0.6 is 0 Å². The standard InChI is InChI=1S/C14H22N2O2/c1-11-6-4-7-12(16-11)13(18)15-10-14(2,3)8-5-9-17/h4,6-7,17H,5,8-10H2,1-3H3,(H,15,18). The van der Waals surface area contributed by atoms with Crippen molar-refractivity contribution in [1.29, 1.82) is 0 Å². The topological polar surface area (TPSA) is 62.2 Å². The second-order valence-corrected chi connectivity index (χ2v) is 5.34. The Hall–Kier alpha value is -1.42. The number of aryl methyl sites for hydroxylation is 1. The Bertz CT molecular complexity index is 403. The number of carbonyl (C=O) groups excluding carboxylic acids is 1. The van der Waals surface area contributed by atoms with Crippen molar-refractivity contribution in [2.24, 2.45) is 5.41 Å². The molecule has 1 heterocycles. The summed E-state index contributed by atoms with van der Waals surface area (Å²) in [5.74, 6) is -0.143. The predicted molar refractivity (Wildman–Crippen MR) is 71.4 cm³/mol. The predicted octanol–water partition coefficient (Wildman–Crippen LogP) is 1.92. The van der Waals surface area contributed by atoms with Crippen LogP contribution in [0.25, 0.3) is 0 Å². The second-order valence-electron chi connectivity index (χ2n) is 5.34. The zero-order chi connectivity index (χ0) is 13.6. The van der Waals surface area contributed by atoms with E-state index in [2.05, 4.69) is 24.1 Å². The first-order valence-corrected chi connectivity index (χ1v) is 6.27. The molecule has 0 aromatic carbocycles. The normalized spacial score (nSPS) is 11.3. The van der Waals surface area contributed by atoms with Crippen LogP contribution in [0.4, 0.5) is 0 Å². The second kappa shape index (κ2) is 6.50. The summed E-state index contributed by atoms with van der Waals surface area (Å²) in [6.45, 7) is 6.79. The van der Waals surface area contributed by atoms with Gasteiger partial charge in [0, 0.05) is 18.8 Å². The maximum absolute atomic E-state index is 11.9. The van der Waals surface area contributed by atoms with Crippen molar-refractivity contribution in [1.82, 2.24) is 10.3 Å². The lowest BCUT2D eigenvalue weighted by molar-refractivity contribution is 0.0927. The van der Waals surface area contributed by atoms with E-state index in [4.69, 9.17) is 5.11 Å². The van der Waals surface area contributed by atoms with Crippen molar-refractivity contribution >= 4 is 5.91 Å². The van der Waals surface area contributed by atoms with Gasteiger partial charge in [0.2, 0.25) is 0 Å². The van der Waals surface area contributed by atoms with Gasteiger partial charge in [-0.3, -0.25) is 4.79 Å². The summed E-state index contributed by atoms with van der Waals surface area (Å²) in [5.41, 5.74) is 1.28. The number of rotatable bonds is 6. The fourth-order valence-corrected chi connectivity index (χ4v) is 1.73. The Balaban J connectivity index is 2.50. The highest BCUT2D eigenvalue weighted by atomic mass is 16.2. The summed E-state index contributed by atoms with van der Waals surface area (Å²) in [7, 11) is 0. The highest BCUT2D eigenvalue weighted by Gasteiger charge is 2.19. The Kier molecular flexibility index (Phi) is 5.28. The van der Waals surface area contributed by atoms with Crippen molar-refractivity contribution in [2.45, 2.75) is 33.6 Å². The minimum absolute atomic E-state index is 0.0117. The molecule has 100 valence electrons. The van der Waals surface area contributed by atoms with Crippen LogP contribution < -0.4 is 5.32 Å². The summed E-state index contributed by atoms with van der Waals surface area (Å²) in [5, 5.41) is 11.7. The molecule has 4 nitrogen and oxygen atoms in total. The number of aliphatic hydroxyl groups excluding tert-OH is 1. The number of aliphatic hydroxyl groups is 1. The van der Waals surface area contributed by atoms with Crippen LogP contribution in [-0.4, -0.2) is 29.1 Å². The fourth-order valence-electron chi connectivity index (χ4n) is 1.73. The van der Waals surface area contributed by atoms with Gasteiger partial charge in [0.05, 0.1) is 0 Å². The molecule has 0 unspecified atom stereocenters. The third-order valence-electron chi connectivity index (χ3n) is 2.86. The average molecular weight is 250 g/mol. The molecule has 0 atom stereocenters. The van der Waals surface area contributed by atoms with Gasteiger partial charge < -0.3 is 10.4 Å². The van der Waals surface area contributed by atoms with Crippen LogP contribution in [0.2, 0.25) is 0 Å². The molecule has 0 aliphatic heterocycles. The number of pyridine rings is 1. The smallest absolute Gasteiger partial charge is 0.269 e. The quantitative estimate of drug-likeness (QED) is 0.810. The Morgan fingerprint density at radius 2 is 2.17 bits per heavy atom. The molecule has 1 rings (SSSR count). The summed E-state index contributed by atoms with van der Waals surface area (Å²) in [6, 6.07) is 5.40. The first-order valence-electron chi connectivity index (χ1n) is 6.27. The largest absolute Gasteiger partial charge is 0.396 e. The minimum Gasteiger partial charge on any atom is -0.396 e. The van der Waals surface area contributed by atoms with Crippen LogP contribution in [0.1, 0.15) is 42.9 Å². The van der Waals surface area contributed by atoms with Crippen molar-refractivity contribution in [2.75, 3.05) is 13.2 Å². The van der Waals surface area contributed by atoms with E-state index >= 15 is 0 Å². The molecular weight excluding hydrogens is 228 g/mol. The number of nitrogens with one attached hydrogen (secondary N) is 1. The number of carbonyl (C=O) groups is 1. The summed E-state index contributed by atoms with van der Waals surface area (Å²) in [4.78, 5) is 16.1. The Morgan fingerprint density at radius 3 is 2.78 bits per heavy atom. The first kappa shape index (κ1) is 14.6. The monoisotopic (exact) mass is 250 g/mol. The lowest BCUT2D eigenvalue weighted by Gasteiger charge is -2.24. The number of hydrogen-bond donors (Lipinski definition) is 2. The number of amides is 1. The van der Waals surface area contributed by atoms with Gasteiger partial charge in [0.1, 0.15) is 5.69 Å². The molecule has 0 fully saturated rings. The van der Waals surface area contributed by atoms with E-state index in [9.17, 15) is 4.79 Å². The van der Waals surface area contributed by atoms with E-state index in [-0.39, 0.29) is 17.9 Å². The SMILES string of the molecule is Cc1cccc(C(=O)NCC(C)(C)CCCO)n1. The molecule has 1 aromatic rings. The summed E-state index contributed by atoms with van der Waals surface area (Å²) in [6.07, 6.45) is 1.64. The molecule has 2 N–H and O–H groups in total. The molecule has 18 heavy (non-hydrogen) atoms. The van der Waals surface area contributed by atoms with Crippen molar-refractivity contribution in [3.05, 3.63) is 29.6 Å². The van der Waals surface area contributed by atoms with Gasteiger partial charge in [-0.25, -0.2) is 4.98 Å². The highest BCUT2D eigenvalue weighted by Crippen LogP contribution is 2.20. The Labute approximate surface area is 108 Å². The van der Waals surface area contributed by atoms with Crippen molar-refractivity contribution in [3.8, 4) is 0 Å². The number of aromatic nitrogens is 1. The van der Waals surface area contributed by atoms with E-state index in [1.54, 1.807) is 6.07 Å². The van der Waals surface area contributed by atoms with E-state index in [1.807, 2.05) is 19.1 Å². The maximum atomic E-state index is 11.9. The zero-order valence-corrected chi connectivity index (χ0v) is 11.4. The van der Waals surface area contributed by atoms with E-state index in [1.165, 1.54) is 0 Å². The van der Waals surface area contributed by atoms with Gasteiger partial charge in [-0.05, 0) is 37.3 Å². The number of hydrogen-bond acceptors (Lipinski definition) is 3. The maximum Gasteiger partial charge on any atom is 0.269 e. The van der Waals surface area contributed by atoms with Crippen LogP contribution in [0.3, 0.4) is 0 Å². The van der Waals surface area contributed by atoms with Crippen LogP contribution in [0, 0.1) is 12.3 Å². The first-order chi connectivity index (χ1) is 8.44. The van der Waals surface area contributed by atoms with Crippen molar-refractivity contribution < 1.29 is 9.90 Å². The van der Waals surface area contributed by atoms with Gasteiger partial charge in [-0.15, -0.1) is 0 Å². The Morgan fingerprint density at radius 1 is 1.44 bits per heavy atom. The van der Waals surface area contributed by atoms with Crippen LogP contribution in [0.5, 0.6) is 0 Å². The number of nitrogens with zero attached hydrogens (tertiary/aromatic N) is 1. The highest BCUT2D eigenvalue weighted by molar-refractivity contribution is 5.92. The van der Waals surface area contributed by atoms with Gasteiger partial charge in [0.15, 0.2) is 0 Å². The molecule has 0 saturated carbocycles. The van der Waals surface area contributed by atoms with Gasteiger partial charge >= 0.3 is 0 Å². The van der Waals surface area contributed by atoms with E-state index < -0.39 is 0 Å². The molecular formula is C14H22N2O2. The lowest BCUT2D eigenvalue weighted by Crippen LogP contribution is -2.34. The van der Waals surface area contributed by atoms with Crippen LogP contribution in [-0.2, 0) is 0 Å². The molecule has 0 bridgehead atoms. The van der Waals surface area contributed by atoms with Gasteiger partial charge in [0.25, 0.3) is 5.91 Å². The molecule has 0 spiro atoms. The lowest BCUT2D eigenvalue weighted by atomic mass is 9.88. The van der Waals surface area contributed by atoms with Crippen molar-refractivity contribution in [3.63, 3.8) is 0 Å². The van der Waals surface area contributed by atoms with E-state index in [0.29, 0.717) is 12.2 Å². The minimum atomic E-state index is -0.143. The van der Waals surface area contributed by atoms with Gasteiger partial charge in [-0.2, -0.15) is 0 Å². The summed E-state index contributed by atoms with van der Waals surface area (Å²) >= 11 is 0. The molecule has 0 aliphatic rings. The fraction of sp³-hybridized carbons (Fsp3) is 0.571. The molecule has 4 heteroatoms. The van der Waals surface area contributed by atoms with Gasteiger partial charge in [-0.1, -0.05) is 19.9 Å². The summed E-state index contributed by atoms with van der Waals surface area (Å²) < 4.78 is 0. The molecule has 1 amide bonds. The molecule has 0 aliphatic carbocycles. The molecule has 0 radical (unpaired) electrons.